The zero-order valence-corrected chi connectivity index (χ0v) is 18.4. The summed E-state index contributed by atoms with van der Waals surface area (Å²) in [5.74, 6) is -1.34. The molecule has 2 aliphatic carbocycles. The lowest BCUT2D eigenvalue weighted by Gasteiger charge is -2.19. The van der Waals surface area contributed by atoms with Crippen molar-refractivity contribution in [1.82, 2.24) is 15.1 Å². The van der Waals surface area contributed by atoms with E-state index in [-0.39, 0.29) is 31.4 Å². The van der Waals surface area contributed by atoms with Gasteiger partial charge in [0, 0.05) is 12.1 Å². The first-order chi connectivity index (χ1) is 16.4. The zero-order valence-electron chi connectivity index (χ0n) is 18.4. The summed E-state index contributed by atoms with van der Waals surface area (Å²) in [7, 11) is 0. The van der Waals surface area contributed by atoms with Crippen molar-refractivity contribution < 1.29 is 24.2 Å². The average Bonchev–Trinajstić information content (AvgIpc) is 3.27. The number of carboxylic acids is 1. The first-order valence-electron chi connectivity index (χ1n) is 11.1. The molecule has 0 unspecified atom stereocenters. The molecule has 174 valence electrons. The second-order valence-corrected chi connectivity index (χ2v) is 8.78. The van der Waals surface area contributed by atoms with Gasteiger partial charge < -0.3 is 20.5 Å². The largest absolute Gasteiger partial charge is 0.480 e. The molecule has 0 saturated heterocycles. The molecule has 0 spiro atoms. The predicted octanol–water partition coefficient (Wildman–Crippen LogP) is 3.37. The van der Waals surface area contributed by atoms with E-state index in [1.54, 1.807) is 0 Å². The molecule has 2 amide bonds. The molecule has 1 fully saturated rings. The van der Waals surface area contributed by atoms with Gasteiger partial charge in [0.25, 0.3) is 0 Å². The van der Waals surface area contributed by atoms with Gasteiger partial charge >= 0.3 is 12.1 Å². The van der Waals surface area contributed by atoms with Crippen LogP contribution in [0.15, 0.2) is 60.9 Å². The van der Waals surface area contributed by atoms with Crippen molar-refractivity contribution in [1.29, 1.82) is 0 Å². The maximum Gasteiger partial charge on any atom is 0.407 e. The SMILES string of the molecule is O=C(O)Cn1cc(NC(=O)CC2(NC(=O)OCC3c4ccccc4-c4ccccc43)CC2)cn1. The van der Waals surface area contributed by atoms with Crippen molar-refractivity contribution in [3.8, 4) is 11.1 Å². The molecule has 0 radical (unpaired) electrons. The van der Waals surface area contributed by atoms with Gasteiger partial charge in [-0.25, -0.2) is 4.79 Å². The molecule has 2 aliphatic rings. The molecule has 1 aromatic heterocycles. The molecule has 1 heterocycles. The number of anilines is 1. The highest BCUT2D eigenvalue weighted by Crippen LogP contribution is 2.44. The topological polar surface area (TPSA) is 123 Å². The molecule has 0 atom stereocenters. The molecule has 9 heteroatoms. The molecule has 1 saturated carbocycles. The van der Waals surface area contributed by atoms with Crippen molar-refractivity contribution in [3.63, 3.8) is 0 Å². The highest BCUT2D eigenvalue weighted by molar-refractivity contribution is 5.92. The Morgan fingerprint density at radius 3 is 2.32 bits per heavy atom. The molecule has 9 nitrogen and oxygen atoms in total. The van der Waals surface area contributed by atoms with E-state index in [0.717, 1.165) is 22.3 Å². The lowest BCUT2D eigenvalue weighted by atomic mass is 9.98. The highest BCUT2D eigenvalue weighted by atomic mass is 16.5. The lowest BCUT2D eigenvalue weighted by molar-refractivity contribution is -0.137. The standard InChI is InChI=1S/C25H24N4O5/c30-22(27-16-12-26-29(13-16)14-23(31)32)11-25(9-10-25)28-24(33)34-15-21-19-7-3-1-5-17(19)18-6-2-4-8-20(18)21/h1-8,12-13,21H,9-11,14-15H2,(H,27,30)(H,28,33)(H,31,32). The summed E-state index contributed by atoms with van der Waals surface area (Å²) in [6, 6.07) is 16.3. The fraction of sp³-hybridized carbons (Fsp3) is 0.280. The molecule has 3 N–H and O–H groups in total. The quantitative estimate of drug-likeness (QED) is 0.474. The summed E-state index contributed by atoms with van der Waals surface area (Å²) in [6.07, 6.45) is 3.76. The zero-order chi connectivity index (χ0) is 23.7. The highest BCUT2D eigenvalue weighted by Gasteiger charge is 2.46. The van der Waals surface area contributed by atoms with Crippen LogP contribution in [0.4, 0.5) is 10.5 Å². The predicted molar refractivity (Wildman–Crippen MR) is 123 cm³/mol. The number of alkyl carbamates (subject to hydrolysis) is 1. The van der Waals surface area contributed by atoms with Crippen molar-refractivity contribution in [3.05, 3.63) is 72.1 Å². The van der Waals surface area contributed by atoms with Crippen molar-refractivity contribution >= 4 is 23.7 Å². The fourth-order valence-electron chi connectivity index (χ4n) is 4.51. The Hall–Kier alpha value is -4.14. The van der Waals surface area contributed by atoms with Gasteiger partial charge in [-0.2, -0.15) is 5.10 Å². The molecule has 2 aromatic carbocycles. The number of carbonyl (C=O) groups excluding carboxylic acids is 2. The number of carbonyl (C=O) groups is 3. The van der Waals surface area contributed by atoms with Gasteiger partial charge in [0.05, 0.1) is 23.8 Å². The van der Waals surface area contributed by atoms with Crippen LogP contribution in [-0.4, -0.2) is 45.0 Å². The van der Waals surface area contributed by atoms with E-state index in [9.17, 15) is 14.4 Å². The van der Waals surface area contributed by atoms with Gasteiger partial charge in [0.15, 0.2) is 0 Å². The minimum Gasteiger partial charge on any atom is -0.480 e. The van der Waals surface area contributed by atoms with E-state index in [1.165, 1.54) is 17.1 Å². The number of hydrogen-bond donors (Lipinski definition) is 3. The van der Waals surface area contributed by atoms with Crippen LogP contribution < -0.4 is 10.6 Å². The molecule has 3 aromatic rings. The van der Waals surface area contributed by atoms with Crippen molar-refractivity contribution in [2.75, 3.05) is 11.9 Å². The lowest BCUT2D eigenvalue weighted by Crippen LogP contribution is -2.40. The summed E-state index contributed by atoms with van der Waals surface area (Å²) in [5.41, 5.74) is 4.39. The number of ether oxygens (including phenoxy) is 1. The smallest absolute Gasteiger partial charge is 0.407 e. The van der Waals surface area contributed by atoms with Crippen LogP contribution in [0.1, 0.15) is 36.3 Å². The molecule has 5 rings (SSSR count). The van der Waals surface area contributed by atoms with E-state index in [4.69, 9.17) is 9.84 Å². The summed E-state index contributed by atoms with van der Waals surface area (Å²) >= 11 is 0. The van der Waals surface area contributed by atoms with Crippen LogP contribution in [0.3, 0.4) is 0 Å². The Labute approximate surface area is 195 Å². The molecule has 0 aliphatic heterocycles. The summed E-state index contributed by atoms with van der Waals surface area (Å²) in [5, 5.41) is 18.3. The number of carboxylic acid groups (broad SMARTS) is 1. The number of aromatic nitrogens is 2. The second kappa shape index (κ2) is 8.66. The van der Waals surface area contributed by atoms with Crippen LogP contribution in [0.5, 0.6) is 0 Å². The average molecular weight is 460 g/mol. The second-order valence-electron chi connectivity index (χ2n) is 8.78. The van der Waals surface area contributed by atoms with Gasteiger partial charge in [0.1, 0.15) is 13.2 Å². The van der Waals surface area contributed by atoms with Crippen molar-refractivity contribution in [2.24, 2.45) is 0 Å². The van der Waals surface area contributed by atoms with Gasteiger partial charge in [-0.3, -0.25) is 14.3 Å². The Kier molecular flexibility index (Phi) is 5.53. The number of rotatable bonds is 8. The number of nitrogens with one attached hydrogen (secondary N) is 2. The van der Waals surface area contributed by atoms with Crippen LogP contribution in [-0.2, 0) is 20.9 Å². The first-order valence-corrected chi connectivity index (χ1v) is 11.1. The Balaban J connectivity index is 1.16. The number of nitrogens with zero attached hydrogens (tertiary/aromatic N) is 2. The van der Waals surface area contributed by atoms with Crippen molar-refractivity contribution in [2.45, 2.75) is 37.3 Å². The number of hydrogen-bond acceptors (Lipinski definition) is 5. The number of benzene rings is 2. The van der Waals surface area contributed by atoms with Gasteiger partial charge in [0.2, 0.25) is 5.91 Å². The number of amides is 2. The van der Waals surface area contributed by atoms with E-state index >= 15 is 0 Å². The Morgan fingerprint density at radius 1 is 1.06 bits per heavy atom. The molecule has 0 bridgehead atoms. The third-order valence-electron chi connectivity index (χ3n) is 6.28. The van der Waals surface area contributed by atoms with Crippen LogP contribution in [0, 0.1) is 0 Å². The Morgan fingerprint density at radius 2 is 1.71 bits per heavy atom. The minimum absolute atomic E-state index is 0.0288. The van der Waals surface area contributed by atoms with E-state index in [2.05, 4.69) is 40.0 Å². The van der Waals surface area contributed by atoms with E-state index in [1.807, 2.05) is 24.3 Å². The molecule has 34 heavy (non-hydrogen) atoms. The normalized spacial score (nSPS) is 15.2. The maximum absolute atomic E-state index is 12.6. The minimum atomic E-state index is -1.02. The maximum atomic E-state index is 12.6. The van der Waals surface area contributed by atoms with E-state index in [0.29, 0.717) is 18.5 Å². The third-order valence-corrected chi connectivity index (χ3v) is 6.28. The summed E-state index contributed by atoms with van der Waals surface area (Å²) < 4.78 is 6.83. The van der Waals surface area contributed by atoms with E-state index < -0.39 is 17.6 Å². The van der Waals surface area contributed by atoms with Crippen LogP contribution in [0.25, 0.3) is 11.1 Å². The third kappa shape index (κ3) is 4.50. The first kappa shape index (κ1) is 21.7. The fourth-order valence-corrected chi connectivity index (χ4v) is 4.51. The monoisotopic (exact) mass is 460 g/mol. The summed E-state index contributed by atoms with van der Waals surface area (Å²) in [6.45, 7) is -0.0754. The summed E-state index contributed by atoms with van der Waals surface area (Å²) in [4.78, 5) is 35.8. The van der Waals surface area contributed by atoms with Gasteiger partial charge in [-0.15, -0.1) is 0 Å². The van der Waals surface area contributed by atoms with Crippen LogP contribution in [0.2, 0.25) is 0 Å². The van der Waals surface area contributed by atoms with Crippen LogP contribution >= 0.6 is 0 Å². The van der Waals surface area contributed by atoms with Gasteiger partial charge in [-0.05, 0) is 35.1 Å². The molecular weight excluding hydrogens is 436 g/mol. The van der Waals surface area contributed by atoms with Gasteiger partial charge in [-0.1, -0.05) is 48.5 Å². The Bertz CT molecular complexity index is 1220. The number of fused-ring (bicyclic) bond motifs is 3. The number of aliphatic carboxylic acids is 1. The molecular formula is C25H24N4O5.